The van der Waals surface area contributed by atoms with Gasteiger partial charge in [-0.3, -0.25) is 15.1 Å². The van der Waals surface area contributed by atoms with Crippen LogP contribution in [-0.4, -0.2) is 17.3 Å². The number of allylic oxidation sites excluding steroid dienone is 2. The second-order valence-corrected chi connectivity index (χ2v) is 1.96. The average Bonchev–Trinajstić information content (AvgIpc) is 2.13. The van der Waals surface area contributed by atoms with Gasteiger partial charge in [-0.25, -0.2) is 0 Å². The molecule has 0 amide bonds. The van der Waals surface area contributed by atoms with Crippen LogP contribution in [0.25, 0.3) is 0 Å². The van der Waals surface area contributed by atoms with E-state index in [9.17, 15) is 10.1 Å². The van der Waals surface area contributed by atoms with Crippen LogP contribution in [0.1, 0.15) is 0 Å². The Morgan fingerprint density at radius 1 is 1.73 bits per heavy atom. The first-order chi connectivity index (χ1) is 5.22. The van der Waals surface area contributed by atoms with Crippen LogP contribution in [0.4, 0.5) is 0 Å². The van der Waals surface area contributed by atoms with Crippen molar-refractivity contribution in [3.63, 3.8) is 0 Å². The van der Waals surface area contributed by atoms with E-state index in [0.29, 0.717) is 6.54 Å². The topological polar surface area (TPSA) is 81.5 Å². The highest BCUT2D eigenvalue weighted by Gasteiger charge is 2.14. The fourth-order valence-corrected chi connectivity index (χ4v) is 0.692. The molecule has 0 aromatic rings. The Labute approximate surface area is 63.1 Å². The van der Waals surface area contributed by atoms with Gasteiger partial charge in [-0.2, -0.15) is 0 Å². The van der Waals surface area contributed by atoms with Crippen molar-refractivity contribution in [3.8, 4) is 0 Å². The van der Waals surface area contributed by atoms with Gasteiger partial charge in [-0.05, 0) is 0 Å². The number of aliphatic imine (C=N–C) groups is 1. The molecule has 0 aliphatic carbocycles. The van der Waals surface area contributed by atoms with Gasteiger partial charge in [0.05, 0.1) is 11.5 Å². The molecule has 0 spiro atoms. The summed E-state index contributed by atoms with van der Waals surface area (Å²) < 4.78 is 0. The molecule has 0 radical (unpaired) electrons. The monoisotopic (exact) mass is 153 g/mol. The van der Waals surface area contributed by atoms with Gasteiger partial charge in [0, 0.05) is 6.08 Å². The van der Waals surface area contributed by atoms with E-state index < -0.39 is 4.92 Å². The average molecular weight is 153 g/mol. The first-order valence-electron chi connectivity index (χ1n) is 3.03. The van der Waals surface area contributed by atoms with Crippen molar-refractivity contribution in [1.82, 2.24) is 0 Å². The number of rotatable bonds is 1. The third kappa shape index (κ3) is 1.64. The molecule has 1 heterocycles. The van der Waals surface area contributed by atoms with Crippen LogP contribution < -0.4 is 5.73 Å². The summed E-state index contributed by atoms with van der Waals surface area (Å²) in [5.41, 5.74) is 5.14. The van der Waals surface area contributed by atoms with Crippen molar-refractivity contribution < 1.29 is 4.92 Å². The maximum Gasteiger partial charge on any atom is 0.310 e. The lowest BCUT2D eigenvalue weighted by atomic mass is 10.4. The van der Waals surface area contributed by atoms with Gasteiger partial charge < -0.3 is 5.73 Å². The predicted molar refractivity (Wildman–Crippen MR) is 40.7 cm³/mol. The zero-order valence-corrected chi connectivity index (χ0v) is 5.73. The molecule has 0 saturated heterocycles. The van der Waals surface area contributed by atoms with E-state index in [1.165, 1.54) is 6.08 Å². The van der Waals surface area contributed by atoms with E-state index in [2.05, 4.69) is 4.99 Å². The molecule has 0 saturated carbocycles. The Balaban J connectivity index is 2.98. The highest BCUT2D eigenvalue weighted by atomic mass is 16.6. The third-order valence-corrected chi connectivity index (χ3v) is 1.22. The number of amidine groups is 1. The fraction of sp³-hybridized carbons (Fsp3) is 0.167. The van der Waals surface area contributed by atoms with Crippen LogP contribution in [0.5, 0.6) is 0 Å². The van der Waals surface area contributed by atoms with Gasteiger partial charge in [-0.1, -0.05) is 12.2 Å². The molecular formula is C6H7N3O2. The largest absolute Gasteiger partial charge is 0.378 e. The number of hydrogen-bond acceptors (Lipinski definition) is 4. The summed E-state index contributed by atoms with van der Waals surface area (Å²) in [7, 11) is 0. The number of nitrogens with zero attached hydrogens (tertiary/aromatic N) is 2. The van der Waals surface area contributed by atoms with Crippen molar-refractivity contribution in [3.05, 3.63) is 34.0 Å². The first-order valence-corrected chi connectivity index (χ1v) is 3.03. The van der Waals surface area contributed by atoms with E-state index >= 15 is 0 Å². The van der Waals surface area contributed by atoms with E-state index in [-0.39, 0.29) is 11.5 Å². The first kappa shape index (κ1) is 7.46. The zero-order chi connectivity index (χ0) is 8.27. The SMILES string of the molecule is NC1=NCC=CC=C1[N+](=O)[O-]. The molecular weight excluding hydrogens is 146 g/mol. The second kappa shape index (κ2) is 2.96. The lowest BCUT2D eigenvalue weighted by Crippen LogP contribution is -2.20. The van der Waals surface area contributed by atoms with Gasteiger partial charge in [0.25, 0.3) is 0 Å². The molecule has 0 fully saturated rings. The maximum absolute atomic E-state index is 10.3. The Hall–Kier alpha value is -1.65. The lowest BCUT2D eigenvalue weighted by molar-refractivity contribution is -0.415. The van der Waals surface area contributed by atoms with Crippen LogP contribution in [0.2, 0.25) is 0 Å². The van der Waals surface area contributed by atoms with Crippen molar-refractivity contribution in [2.75, 3.05) is 6.54 Å². The summed E-state index contributed by atoms with van der Waals surface area (Å²) >= 11 is 0. The summed E-state index contributed by atoms with van der Waals surface area (Å²) in [6, 6.07) is 0. The van der Waals surface area contributed by atoms with Gasteiger partial charge >= 0.3 is 5.70 Å². The zero-order valence-electron chi connectivity index (χ0n) is 5.73. The molecule has 0 atom stereocenters. The summed E-state index contributed by atoms with van der Waals surface area (Å²) in [5, 5.41) is 10.3. The molecule has 0 aromatic carbocycles. The highest BCUT2D eigenvalue weighted by molar-refractivity contribution is 5.95. The molecule has 0 unspecified atom stereocenters. The molecule has 0 bridgehead atoms. The highest BCUT2D eigenvalue weighted by Crippen LogP contribution is 2.00. The Morgan fingerprint density at radius 3 is 3.09 bits per heavy atom. The Bertz CT molecular complexity index is 265. The molecule has 1 aliphatic rings. The van der Waals surface area contributed by atoms with E-state index in [1.807, 2.05) is 0 Å². The van der Waals surface area contributed by atoms with Crippen LogP contribution in [0.3, 0.4) is 0 Å². The second-order valence-electron chi connectivity index (χ2n) is 1.96. The van der Waals surface area contributed by atoms with Gasteiger partial charge in [-0.15, -0.1) is 0 Å². The quantitative estimate of drug-likeness (QED) is 0.427. The molecule has 58 valence electrons. The Kier molecular flexibility index (Phi) is 2.00. The molecule has 5 heteroatoms. The normalized spacial score (nSPS) is 16.7. The van der Waals surface area contributed by atoms with Crippen molar-refractivity contribution in [2.45, 2.75) is 0 Å². The van der Waals surface area contributed by atoms with Gasteiger partial charge in [0.15, 0.2) is 5.84 Å². The summed E-state index contributed by atoms with van der Waals surface area (Å²) in [4.78, 5) is 13.4. The molecule has 0 aromatic heterocycles. The molecule has 5 nitrogen and oxygen atoms in total. The maximum atomic E-state index is 10.3. The number of nitro groups is 1. The number of nitrogens with two attached hydrogens (primary N) is 1. The molecule has 1 aliphatic heterocycles. The van der Waals surface area contributed by atoms with Crippen LogP contribution in [0, 0.1) is 10.1 Å². The minimum Gasteiger partial charge on any atom is -0.378 e. The van der Waals surface area contributed by atoms with Crippen LogP contribution in [0.15, 0.2) is 28.9 Å². The van der Waals surface area contributed by atoms with E-state index in [0.717, 1.165) is 0 Å². The van der Waals surface area contributed by atoms with Crippen molar-refractivity contribution >= 4 is 5.84 Å². The molecule has 2 N–H and O–H groups in total. The predicted octanol–water partition coefficient (Wildman–Crippen LogP) is 0.0740. The van der Waals surface area contributed by atoms with E-state index in [1.54, 1.807) is 12.2 Å². The van der Waals surface area contributed by atoms with Crippen molar-refractivity contribution in [2.24, 2.45) is 10.7 Å². The van der Waals surface area contributed by atoms with Crippen LogP contribution in [-0.2, 0) is 0 Å². The van der Waals surface area contributed by atoms with Gasteiger partial charge in [0.2, 0.25) is 0 Å². The molecule has 11 heavy (non-hydrogen) atoms. The molecule has 1 rings (SSSR count). The van der Waals surface area contributed by atoms with Gasteiger partial charge in [0.1, 0.15) is 0 Å². The fourth-order valence-electron chi connectivity index (χ4n) is 0.692. The summed E-state index contributed by atoms with van der Waals surface area (Å²) in [6.45, 7) is 0.402. The van der Waals surface area contributed by atoms with Crippen LogP contribution >= 0.6 is 0 Å². The number of hydrogen-bond donors (Lipinski definition) is 1. The lowest BCUT2D eigenvalue weighted by Gasteiger charge is -1.93. The van der Waals surface area contributed by atoms with Crippen molar-refractivity contribution in [1.29, 1.82) is 0 Å². The van der Waals surface area contributed by atoms with E-state index in [4.69, 9.17) is 5.73 Å². The third-order valence-electron chi connectivity index (χ3n) is 1.22. The Morgan fingerprint density at radius 2 is 2.45 bits per heavy atom. The minimum atomic E-state index is -0.547. The standard InChI is InChI=1S/C6H7N3O2/c7-6-5(9(10)11)3-1-2-4-8-6/h1-3H,4H2,(H2,7,8). The smallest absolute Gasteiger partial charge is 0.310 e. The summed E-state index contributed by atoms with van der Waals surface area (Å²) in [5.74, 6) is -0.0139. The summed E-state index contributed by atoms with van der Waals surface area (Å²) in [6.07, 6.45) is 4.61. The minimum absolute atomic E-state index is 0.0139.